The van der Waals surface area contributed by atoms with Gasteiger partial charge in [0.2, 0.25) is 0 Å². The summed E-state index contributed by atoms with van der Waals surface area (Å²) in [6, 6.07) is 4.77. The first-order chi connectivity index (χ1) is 7.19. The Kier molecular flexibility index (Phi) is 4.39. The maximum atomic E-state index is 11.2. The molecule has 0 atom stereocenters. The molecule has 1 aromatic rings. The molecule has 1 rings (SSSR count). The molecule has 0 aliphatic carbocycles. The summed E-state index contributed by atoms with van der Waals surface area (Å²) in [4.78, 5) is 11.2. The molecule has 0 bridgehead atoms. The van der Waals surface area contributed by atoms with Crippen LogP contribution in [0.4, 0.5) is 5.69 Å². The molecule has 5 heteroatoms. The number of aliphatic hydroxyl groups is 1. The summed E-state index contributed by atoms with van der Waals surface area (Å²) >= 11 is 5.88. The van der Waals surface area contributed by atoms with Crippen molar-refractivity contribution in [2.24, 2.45) is 0 Å². The van der Waals surface area contributed by atoms with E-state index in [2.05, 4.69) is 10.1 Å². The summed E-state index contributed by atoms with van der Waals surface area (Å²) in [5.74, 6) is -0.418. The van der Waals surface area contributed by atoms with Crippen LogP contribution >= 0.6 is 11.6 Å². The van der Waals surface area contributed by atoms with Crippen LogP contribution in [0.2, 0.25) is 5.02 Å². The Labute approximate surface area is 92.8 Å². The van der Waals surface area contributed by atoms with Crippen molar-refractivity contribution in [3.63, 3.8) is 0 Å². The van der Waals surface area contributed by atoms with Crippen LogP contribution in [0, 0.1) is 0 Å². The van der Waals surface area contributed by atoms with Crippen molar-refractivity contribution >= 4 is 23.3 Å². The molecule has 0 fully saturated rings. The van der Waals surface area contributed by atoms with Gasteiger partial charge in [0.05, 0.1) is 30.0 Å². The molecule has 0 saturated heterocycles. The zero-order chi connectivity index (χ0) is 11.3. The normalized spacial score (nSPS) is 9.80. The number of ether oxygens (including phenoxy) is 1. The summed E-state index contributed by atoms with van der Waals surface area (Å²) in [5.41, 5.74) is 1.02. The summed E-state index contributed by atoms with van der Waals surface area (Å²) in [7, 11) is 1.32. The van der Waals surface area contributed by atoms with Crippen molar-refractivity contribution < 1.29 is 14.6 Å². The van der Waals surface area contributed by atoms with Crippen molar-refractivity contribution in [1.29, 1.82) is 0 Å². The van der Waals surface area contributed by atoms with E-state index in [1.165, 1.54) is 7.11 Å². The van der Waals surface area contributed by atoms with Crippen molar-refractivity contribution in [3.8, 4) is 0 Å². The number of esters is 1. The maximum absolute atomic E-state index is 11.2. The lowest BCUT2D eigenvalue weighted by atomic mass is 10.2. The second kappa shape index (κ2) is 5.58. The molecule has 2 N–H and O–H groups in total. The molecule has 0 aromatic heterocycles. The van der Waals surface area contributed by atoms with Gasteiger partial charge >= 0.3 is 5.97 Å². The zero-order valence-corrected chi connectivity index (χ0v) is 9.04. The van der Waals surface area contributed by atoms with Gasteiger partial charge in [-0.3, -0.25) is 0 Å². The van der Waals surface area contributed by atoms with Crippen LogP contribution in [-0.4, -0.2) is 31.3 Å². The molecule has 0 unspecified atom stereocenters. The predicted octanol–water partition coefficient (Wildman–Crippen LogP) is 1.53. The number of anilines is 1. The number of benzene rings is 1. The molecule has 0 amide bonds. The zero-order valence-electron chi connectivity index (χ0n) is 8.29. The molecule has 82 valence electrons. The van der Waals surface area contributed by atoms with Gasteiger partial charge in [0.1, 0.15) is 0 Å². The van der Waals surface area contributed by atoms with Gasteiger partial charge in [-0.2, -0.15) is 0 Å². The highest BCUT2D eigenvalue weighted by Gasteiger charge is 2.08. The lowest BCUT2D eigenvalue weighted by Crippen LogP contribution is -2.07. The molecule has 15 heavy (non-hydrogen) atoms. The molecule has 4 nitrogen and oxygen atoms in total. The van der Waals surface area contributed by atoms with Crippen LogP contribution < -0.4 is 5.32 Å². The lowest BCUT2D eigenvalue weighted by molar-refractivity contribution is 0.0601. The van der Waals surface area contributed by atoms with Crippen LogP contribution in [0.1, 0.15) is 10.4 Å². The molecular formula is C10H12ClNO3. The fourth-order valence-electron chi connectivity index (χ4n) is 1.10. The monoisotopic (exact) mass is 229 g/mol. The highest BCUT2D eigenvalue weighted by molar-refractivity contribution is 6.33. The highest BCUT2D eigenvalue weighted by Crippen LogP contribution is 2.23. The van der Waals surface area contributed by atoms with Gasteiger partial charge in [0.25, 0.3) is 0 Å². The van der Waals surface area contributed by atoms with Crippen LogP contribution in [0.5, 0.6) is 0 Å². The first-order valence-corrected chi connectivity index (χ1v) is 4.79. The van der Waals surface area contributed by atoms with Crippen molar-refractivity contribution in [1.82, 2.24) is 0 Å². The number of nitrogens with one attached hydrogen (secondary N) is 1. The number of carbonyl (C=O) groups is 1. The number of halogens is 1. The second-order valence-corrected chi connectivity index (χ2v) is 3.24. The fourth-order valence-corrected chi connectivity index (χ4v) is 1.28. The lowest BCUT2D eigenvalue weighted by Gasteiger charge is -2.08. The number of hydrogen-bond acceptors (Lipinski definition) is 4. The first-order valence-electron chi connectivity index (χ1n) is 4.41. The van der Waals surface area contributed by atoms with Crippen LogP contribution in [0.15, 0.2) is 18.2 Å². The van der Waals surface area contributed by atoms with E-state index in [1.54, 1.807) is 18.2 Å². The van der Waals surface area contributed by atoms with E-state index >= 15 is 0 Å². The predicted molar refractivity (Wildman–Crippen MR) is 58.4 cm³/mol. The molecule has 0 aliphatic heterocycles. The van der Waals surface area contributed by atoms with Gasteiger partial charge in [0, 0.05) is 6.54 Å². The average molecular weight is 230 g/mol. The molecule has 0 radical (unpaired) electrons. The van der Waals surface area contributed by atoms with Crippen molar-refractivity contribution in [3.05, 3.63) is 28.8 Å². The second-order valence-electron chi connectivity index (χ2n) is 2.84. The van der Waals surface area contributed by atoms with E-state index in [0.29, 0.717) is 22.8 Å². The average Bonchev–Trinajstić information content (AvgIpc) is 2.27. The SMILES string of the molecule is COC(=O)c1ccc(Cl)c(NCCO)c1. The van der Waals surface area contributed by atoms with E-state index in [4.69, 9.17) is 16.7 Å². The van der Waals surface area contributed by atoms with Crippen LogP contribution in [0.25, 0.3) is 0 Å². The van der Waals surface area contributed by atoms with Crippen LogP contribution in [-0.2, 0) is 4.74 Å². The standard InChI is InChI=1S/C10H12ClNO3/c1-15-10(14)7-2-3-8(11)9(6-7)12-4-5-13/h2-3,6,12-13H,4-5H2,1H3. The summed E-state index contributed by atoms with van der Waals surface area (Å²) in [6.07, 6.45) is 0. The smallest absolute Gasteiger partial charge is 0.337 e. The summed E-state index contributed by atoms with van der Waals surface area (Å²) in [6.45, 7) is 0.378. The third-order valence-electron chi connectivity index (χ3n) is 1.81. The maximum Gasteiger partial charge on any atom is 0.337 e. The number of methoxy groups -OCH3 is 1. The number of rotatable bonds is 4. The van der Waals surface area contributed by atoms with Gasteiger partial charge in [-0.1, -0.05) is 11.6 Å². The summed E-state index contributed by atoms with van der Waals surface area (Å²) < 4.78 is 4.58. The molecule has 0 heterocycles. The van der Waals surface area contributed by atoms with Gasteiger partial charge in [-0.05, 0) is 18.2 Å². The van der Waals surface area contributed by atoms with E-state index in [-0.39, 0.29) is 6.61 Å². The molecule has 0 aliphatic rings. The quantitative estimate of drug-likeness (QED) is 0.769. The van der Waals surface area contributed by atoms with Gasteiger partial charge < -0.3 is 15.2 Å². The minimum absolute atomic E-state index is 0.00121. The third kappa shape index (κ3) is 3.11. The van der Waals surface area contributed by atoms with Crippen molar-refractivity contribution in [2.75, 3.05) is 25.6 Å². The van der Waals surface area contributed by atoms with E-state index in [1.807, 2.05) is 0 Å². The topological polar surface area (TPSA) is 58.6 Å². The van der Waals surface area contributed by atoms with E-state index in [9.17, 15) is 4.79 Å². The Balaban J connectivity index is 2.89. The van der Waals surface area contributed by atoms with Crippen LogP contribution in [0.3, 0.4) is 0 Å². The number of aliphatic hydroxyl groups excluding tert-OH is 1. The van der Waals surface area contributed by atoms with E-state index in [0.717, 1.165) is 0 Å². The Morgan fingerprint density at radius 1 is 1.60 bits per heavy atom. The van der Waals surface area contributed by atoms with Gasteiger partial charge in [-0.15, -0.1) is 0 Å². The number of carbonyl (C=O) groups excluding carboxylic acids is 1. The Hall–Kier alpha value is -1.26. The Morgan fingerprint density at radius 2 is 2.33 bits per heavy atom. The number of hydrogen-bond donors (Lipinski definition) is 2. The minimum atomic E-state index is -0.418. The Bertz CT molecular complexity index is 355. The molecule has 1 aromatic carbocycles. The van der Waals surface area contributed by atoms with Crippen molar-refractivity contribution in [2.45, 2.75) is 0 Å². The molecule has 0 spiro atoms. The fraction of sp³-hybridized carbons (Fsp3) is 0.300. The van der Waals surface area contributed by atoms with Gasteiger partial charge in [0.15, 0.2) is 0 Å². The Morgan fingerprint density at radius 3 is 2.93 bits per heavy atom. The van der Waals surface area contributed by atoms with Gasteiger partial charge in [-0.25, -0.2) is 4.79 Å². The largest absolute Gasteiger partial charge is 0.465 e. The van der Waals surface area contributed by atoms with E-state index < -0.39 is 5.97 Å². The summed E-state index contributed by atoms with van der Waals surface area (Å²) in [5, 5.41) is 12.0. The third-order valence-corrected chi connectivity index (χ3v) is 2.14. The minimum Gasteiger partial charge on any atom is -0.465 e. The first kappa shape index (κ1) is 11.8. The molecular weight excluding hydrogens is 218 g/mol. The highest BCUT2D eigenvalue weighted by atomic mass is 35.5. The molecule has 0 saturated carbocycles.